The molecule has 8 nitrogen and oxygen atoms in total. The van der Waals surface area contributed by atoms with Crippen LogP contribution in [0.5, 0.6) is 0 Å². The highest BCUT2D eigenvalue weighted by Gasteiger charge is 2.29. The fourth-order valence-electron chi connectivity index (χ4n) is 3.38. The molecule has 0 atom stereocenters. The Balaban J connectivity index is 1.56. The molecular formula is C21H26N4O4S. The van der Waals surface area contributed by atoms with E-state index < -0.39 is 21.7 Å². The van der Waals surface area contributed by atoms with Gasteiger partial charge in [-0.1, -0.05) is 18.2 Å². The highest BCUT2D eigenvalue weighted by atomic mass is 32.2. The van der Waals surface area contributed by atoms with Crippen molar-refractivity contribution in [3.8, 4) is 0 Å². The van der Waals surface area contributed by atoms with Gasteiger partial charge in [0.2, 0.25) is 21.8 Å². The topological polar surface area (TPSA) is 98.8 Å². The molecule has 3 rings (SSSR count). The molecule has 2 amide bonds. The molecule has 0 aliphatic carbocycles. The summed E-state index contributed by atoms with van der Waals surface area (Å²) in [5.41, 5.74) is 3.17. The molecule has 1 saturated heterocycles. The summed E-state index contributed by atoms with van der Waals surface area (Å²) in [6.45, 7) is 5.22. The highest BCUT2D eigenvalue weighted by Crippen LogP contribution is 2.19. The van der Waals surface area contributed by atoms with Gasteiger partial charge in [-0.3, -0.25) is 9.59 Å². The Morgan fingerprint density at radius 1 is 0.933 bits per heavy atom. The maximum atomic E-state index is 12.7. The number of benzene rings is 2. The molecule has 1 fully saturated rings. The molecule has 0 aromatic heterocycles. The minimum atomic E-state index is -3.72. The number of nitrogens with one attached hydrogen (secondary N) is 2. The van der Waals surface area contributed by atoms with Crippen LogP contribution >= 0.6 is 0 Å². The number of anilines is 3. The fraction of sp³-hybridized carbons (Fsp3) is 0.333. The third kappa shape index (κ3) is 5.80. The van der Waals surface area contributed by atoms with Gasteiger partial charge in [0.05, 0.1) is 0 Å². The first-order valence-electron chi connectivity index (χ1n) is 9.70. The van der Waals surface area contributed by atoms with Gasteiger partial charge in [0, 0.05) is 50.2 Å². The number of carbonyl (C=O) groups is 2. The highest BCUT2D eigenvalue weighted by molar-refractivity contribution is 7.89. The van der Waals surface area contributed by atoms with Gasteiger partial charge in [0.1, 0.15) is 5.75 Å². The predicted molar refractivity (Wildman–Crippen MR) is 118 cm³/mol. The monoisotopic (exact) mass is 430 g/mol. The van der Waals surface area contributed by atoms with Crippen LogP contribution in [0.1, 0.15) is 12.5 Å². The molecule has 1 aliphatic heterocycles. The summed E-state index contributed by atoms with van der Waals surface area (Å²) in [5, 5.41) is 5.20. The van der Waals surface area contributed by atoms with Crippen molar-refractivity contribution in [2.45, 2.75) is 13.8 Å². The first-order chi connectivity index (χ1) is 14.2. The maximum absolute atomic E-state index is 12.7. The third-order valence-electron chi connectivity index (χ3n) is 4.78. The Kier molecular flexibility index (Phi) is 6.73. The van der Waals surface area contributed by atoms with Crippen LogP contribution in [-0.4, -0.2) is 56.5 Å². The molecule has 2 aromatic carbocycles. The van der Waals surface area contributed by atoms with E-state index in [4.69, 9.17) is 0 Å². The van der Waals surface area contributed by atoms with Crippen LogP contribution in [0.15, 0.2) is 48.5 Å². The average Bonchev–Trinajstić information content (AvgIpc) is 2.67. The van der Waals surface area contributed by atoms with Crippen molar-refractivity contribution in [1.82, 2.24) is 4.31 Å². The quantitative estimate of drug-likeness (QED) is 0.731. The van der Waals surface area contributed by atoms with Gasteiger partial charge in [0.25, 0.3) is 0 Å². The maximum Gasteiger partial charge on any atom is 0.241 e. The molecule has 0 spiro atoms. The van der Waals surface area contributed by atoms with E-state index in [1.54, 1.807) is 24.3 Å². The summed E-state index contributed by atoms with van der Waals surface area (Å²) >= 11 is 0. The number of aryl methyl sites for hydroxylation is 1. The number of nitrogens with zero attached hydrogens (tertiary/aromatic N) is 2. The molecule has 0 unspecified atom stereocenters. The van der Waals surface area contributed by atoms with E-state index in [0.717, 1.165) is 11.3 Å². The lowest BCUT2D eigenvalue weighted by atomic mass is 10.2. The molecule has 0 bridgehead atoms. The summed E-state index contributed by atoms with van der Waals surface area (Å²) in [5.74, 6) is -1.47. The molecule has 2 N–H and O–H groups in total. The standard InChI is InChI=1S/C21H26N4O4S/c1-16-5-3-8-20(13-16)24-9-11-25(12-10-24)30(28,29)15-21(27)23-19-7-4-6-18(14-19)22-17(2)26/h3-8,13-14H,9-12,15H2,1-2H3,(H,22,26)(H,23,27). The van der Waals surface area contributed by atoms with E-state index in [2.05, 4.69) is 21.6 Å². The second-order valence-corrected chi connectivity index (χ2v) is 9.26. The lowest BCUT2D eigenvalue weighted by Crippen LogP contribution is -2.50. The largest absolute Gasteiger partial charge is 0.369 e. The zero-order valence-electron chi connectivity index (χ0n) is 17.1. The zero-order chi connectivity index (χ0) is 21.7. The van der Waals surface area contributed by atoms with Crippen LogP contribution in [0.2, 0.25) is 0 Å². The summed E-state index contributed by atoms with van der Waals surface area (Å²) in [6.07, 6.45) is 0. The van der Waals surface area contributed by atoms with Crippen molar-refractivity contribution in [2.24, 2.45) is 0 Å². The van der Waals surface area contributed by atoms with Crippen LogP contribution in [-0.2, 0) is 19.6 Å². The molecule has 0 radical (unpaired) electrons. The Bertz CT molecular complexity index is 1030. The normalized spacial score (nSPS) is 14.9. The lowest BCUT2D eigenvalue weighted by molar-refractivity contribution is -0.114. The van der Waals surface area contributed by atoms with E-state index in [0.29, 0.717) is 37.6 Å². The van der Waals surface area contributed by atoms with E-state index in [1.807, 2.05) is 25.1 Å². The molecule has 1 heterocycles. The van der Waals surface area contributed by atoms with Crippen molar-refractivity contribution >= 4 is 38.9 Å². The van der Waals surface area contributed by atoms with Crippen LogP contribution in [0.4, 0.5) is 17.1 Å². The van der Waals surface area contributed by atoms with Crippen molar-refractivity contribution in [3.63, 3.8) is 0 Å². The molecule has 9 heteroatoms. The van der Waals surface area contributed by atoms with Gasteiger partial charge in [-0.25, -0.2) is 8.42 Å². The number of carbonyl (C=O) groups excluding carboxylic acids is 2. The van der Waals surface area contributed by atoms with E-state index in [9.17, 15) is 18.0 Å². The predicted octanol–water partition coefficient (Wildman–Crippen LogP) is 2.04. The van der Waals surface area contributed by atoms with Crippen LogP contribution < -0.4 is 15.5 Å². The zero-order valence-corrected chi connectivity index (χ0v) is 17.9. The van der Waals surface area contributed by atoms with Gasteiger partial charge >= 0.3 is 0 Å². The number of amides is 2. The second-order valence-electron chi connectivity index (χ2n) is 7.29. The minimum Gasteiger partial charge on any atom is -0.369 e. The van der Waals surface area contributed by atoms with E-state index in [1.165, 1.54) is 11.2 Å². The van der Waals surface area contributed by atoms with Gasteiger partial charge < -0.3 is 15.5 Å². The number of rotatable bonds is 6. The molecule has 2 aromatic rings. The summed E-state index contributed by atoms with van der Waals surface area (Å²) in [6, 6.07) is 14.7. The van der Waals surface area contributed by atoms with Crippen LogP contribution in [0.3, 0.4) is 0 Å². The number of sulfonamides is 1. The SMILES string of the molecule is CC(=O)Nc1cccc(NC(=O)CS(=O)(=O)N2CCN(c3cccc(C)c3)CC2)c1. The first kappa shape index (κ1) is 21.8. The lowest BCUT2D eigenvalue weighted by Gasteiger charge is -2.35. The molecule has 0 saturated carbocycles. The smallest absolute Gasteiger partial charge is 0.241 e. The summed E-state index contributed by atoms with van der Waals surface area (Å²) in [4.78, 5) is 25.6. The third-order valence-corrected chi connectivity index (χ3v) is 6.56. The Labute approximate surface area is 176 Å². The van der Waals surface area contributed by atoms with Crippen molar-refractivity contribution in [3.05, 3.63) is 54.1 Å². The van der Waals surface area contributed by atoms with Crippen molar-refractivity contribution in [2.75, 3.05) is 47.5 Å². The van der Waals surface area contributed by atoms with Gasteiger partial charge in [0.15, 0.2) is 0 Å². The summed E-state index contributed by atoms with van der Waals surface area (Å²) in [7, 11) is -3.72. The van der Waals surface area contributed by atoms with E-state index >= 15 is 0 Å². The second kappa shape index (κ2) is 9.27. The average molecular weight is 431 g/mol. The number of hydrogen-bond acceptors (Lipinski definition) is 5. The molecule has 1 aliphatic rings. The van der Waals surface area contributed by atoms with Crippen molar-refractivity contribution in [1.29, 1.82) is 0 Å². The number of hydrogen-bond donors (Lipinski definition) is 2. The summed E-state index contributed by atoms with van der Waals surface area (Å²) < 4.78 is 26.7. The van der Waals surface area contributed by atoms with Crippen LogP contribution in [0.25, 0.3) is 0 Å². The van der Waals surface area contributed by atoms with E-state index in [-0.39, 0.29) is 5.91 Å². The molecule has 30 heavy (non-hydrogen) atoms. The van der Waals surface area contributed by atoms with Gasteiger partial charge in [-0.15, -0.1) is 0 Å². The first-order valence-corrected chi connectivity index (χ1v) is 11.3. The fourth-order valence-corrected chi connectivity index (χ4v) is 4.69. The van der Waals surface area contributed by atoms with Crippen molar-refractivity contribution < 1.29 is 18.0 Å². The Morgan fingerprint density at radius 3 is 2.20 bits per heavy atom. The number of piperazine rings is 1. The van der Waals surface area contributed by atoms with Crippen LogP contribution in [0, 0.1) is 6.92 Å². The Morgan fingerprint density at radius 2 is 1.57 bits per heavy atom. The molecular weight excluding hydrogens is 404 g/mol. The minimum absolute atomic E-state index is 0.231. The molecule has 160 valence electrons. The van der Waals surface area contributed by atoms with Gasteiger partial charge in [-0.05, 0) is 42.8 Å². The van der Waals surface area contributed by atoms with Gasteiger partial charge in [-0.2, -0.15) is 4.31 Å². The Hall–Kier alpha value is -2.91.